The summed E-state index contributed by atoms with van der Waals surface area (Å²) in [6, 6.07) is 0.363. The van der Waals surface area contributed by atoms with E-state index in [2.05, 4.69) is 15.0 Å². The summed E-state index contributed by atoms with van der Waals surface area (Å²) in [5.41, 5.74) is -0.952. The molecule has 0 amide bonds. The Bertz CT molecular complexity index is 576. The van der Waals surface area contributed by atoms with Crippen LogP contribution in [-0.2, 0) is 10.0 Å². The van der Waals surface area contributed by atoms with E-state index in [4.69, 9.17) is 0 Å². The van der Waals surface area contributed by atoms with Crippen LogP contribution in [0.15, 0.2) is 6.07 Å². The molecule has 0 fully saturated rings. The van der Waals surface area contributed by atoms with Crippen LogP contribution in [0, 0.1) is 17.6 Å². The van der Waals surface area contributed by atoms with Crippen molar-refractivity contribution in [2.45, 2.75) is 19.4 Å². The summed E-state index contributed by atoms with van der Waals surface area (Å²) in [5.74, 6) is -4.37. The van der Waals surface area contributed by atoms with Crippen molar-refractivity contribution in [3.8, 4) is 0 Å². The van der Waals surface area contributed by atoms with E-state index < -0.39 is 39.0 Å². The molecule has 2 N–H and O–H groups in total. The molecule has 0 unspecified atom stereocenters. The molecule has 108 valence electrons. The Kier molecular flexibility index (Phi) is 4.41. The highest BCUT2D eigenvalue weighted by atomic mass is 32.2. The van der Waals surface area contributed by atoms with Crippen molar-refractivity contribution in [1.82, 2.24) is 9.71 Å². The standard InChI is InChI=1S/C10H14F3N3O2S/c1-10(2,16-19(3,17)18)5-14-9-7(12)4-6(11)8(13)15-9/h4,16H,5H2,1-3H3,(H,14,15). The fourth-order valence-electron chi connectivity index (χ4n) is 1.41. The molecule has 9 heteroatoms. The van der Waals surface area contributed by atoms with E-state index in [-0.39, 0.29) is 6.54 Å². The number of rotatable bonds is 5. The lowest BCUT2D eigenvalue weighted by Gasteiger charge is -2.25. The maximum Gasteiger partial charge on any atom is 0.251 e. The van der Waals surface area contributed by atoms with Crippen molar-refractivity contribution in [3.05, 3.63) is 23.6 Å². The maximum absolute atomic E-state index is 13.3. The summed E-state index contributed by atoms with van der Waals surface area (Å²) in [5, 5.41) is 2.42. The highest BCUT2D eigenvalue weighted by molar-refractivity contribution is 7.88. The minimum Gasteiger partial charge on any atom is -0.366 e. The monoisotopic (exact) mass is 297 g/mol. The zero-order valence-corrected chi connectivity index (χ0v) is 11.4. The van der Waals surface area contributed by atoms with Crippen LogP contribution in [0.5, 0.6) is 0 Å². The van der Waals surface area contributed by atoms with Gasteiger partial charge in [0.25, 0.3) is 5.95 Å². The molecule has 1 aromatic rings. The van der Waals surface area contributed by atoms with Crippen molar-refractivity contribution >= 4 is 15.8 Å². The summed E-state index contributed by atoms with van der Waals surface area (Å²) >= 11 is 0. The zero-order valence-electron chi connectivity index (χ0n) is 10.6. The van der Waals surface area contributed by atoms with Crippen molar-refractivity contribution in [1.29, 1.82) is 0 Å². The van der Waals surface area contributed by atoms with E-state index in [1.165, 1.54) is 0 Å². The summed E-state index contributed by atoms with van der Waals surface area (Å²) in [7, 11) is -3.45. The van der Waals surface area contributed by atoms with E-state index in [0.29, 0.717) is 6.07 Å². The third-order valence-electron chi connectivity index (χ3n) is 2.05. The second-order valence-corrected chi connectivity index (χ2v) is 6.45. The van der Waals surface area contributed by atoms with Gasteiger partial charge in [-0.3, -0.25) is 0 Å². The highest BCUT2D eigenvalue weighted by Gasteiger charge is 2.23. The first-order valence-electron chi connectivity index (χ1n) is 5.24. The van der Waals surface area contributed by atoms with Crippen LogP contribution in [0.3, 0.4) is 0 Å². The smallest absolute Gasteiger partial charge is 0.251 e. The predicted molar refractivity (Wildman–Crippen MR) is 64.7 cm³/mol. The summed E-state index contributed by atoms with van der Waals surface area (Å²) in [4.78, 5) is 3.07. The first-order valence-corrected chi connectivity index (χ1v) is 7.14. The van der Waals surface area contributed by atoms with E-state index in [0.717, 1.165) is 6.26 Å². The van der Waals surface area contributed by atoms with Gasteiger partial charge in [0, 0.05) is 18.2 Å². The molecule has 0 saturated carbocycles. The summed E-state index contributed by atoms with van der Waals surface area (Å²) in [6.07, 6.45) is 0.977. The largest absolute Gasteiger partial charge is 0.366 e. The molecule has 0 aliphatic carbocycles. The Hall–Kier alpha value is -1.35. The van der Waals surface area contributed by atoms with Crippen LogP contribution in [0.2, 0.25) is 0 Å². The Balaban J connectivity index is 2.79. The lowest BCUT2D eigenvalue weighted by atomic mass is 10.1. The molecule has 0 radical (unpaired) electrons. The zero-order chi connectivity index (χ0) is 14.8. The Morgan fingerprint density at radius 3 is 2.37 bits per heavy atom. The molecule has 0 saturated heterocycles. The molecule has 1 rings (SSSR count). The van der Waals surface area contributed by atoms with E-state index in [1.54, 1.807) is 13.8 Å². The second kappa shape index (κ2) is 5.33. The predicted octanol–water partition coefficient (Wildman–Crippen LogP) is 1.24. The van der Waals surface area contributed by atoms with Gasteiger partial charge in [-0.2, -0.15) is 9.37 Å². The van der Waals surface area contributed by atoms with E-state index in [9.17, 15) is 21.6 Å². The molecule has 19 heavy (non-hydrogen) atoms. The molecule has 5 nitrogen and oxygen atoms in total. The quantitative estimate of drug-likeness (QED) is 0.802. The second-order valence-electron chi connectivity index (χ2n) is 4.70. The van der Waals surface area contributed by atoms with Gasteiger partial charge in [0.2, 0.25) is 10.0 Å². The highest BCUT2D eigenvalue weighted by Crippen LogP contribution is 2.15. The molecule has 0 atom stereocenters. The number of anilines is 1. The molecular weight excluding hydrogens is 283 g/mol. The van der Waals surface area contributed by atoms with Crippen LogP contribution in [-0.4, -0.2) is 31.7 Å². The number of halogens is 3. The van der Waals surface area contributed by atoms with Crippen molar-refractivity contribution in [3.63, 3.8) is 0 Å². The fraction of sp³-hybridized carbons (Fsp3) is 0.500. The van der Waals surface area contributed by atoms with Crippen molar-refractivity contribution in [2.75, 3.05) is 18.1 Å². The van der Waals surface area contributed by atoms with Crippen LogP contribution < -0.4 is 10.0 Å². The minimum atomic E-state index is -3.45. The Morgan fingerprint density at radius 1 is 1.26 bits per heavy atom. The number of hydrogen-bond acceptors (Lipinski definition) is 4. The van der Waals surface area contributed by atoms with E-state index in [1.807, 2.05) is 0 Å². The van der Waals surface area contributed by atoms with E-state index >= 15 is 0 Å². The van der Waals surface area contributed by atoms with Gasteiger partial charge in [-0.1, -0.05) is 0 Å². The van der Waals surface area contributed by atoms with Gasteiger partial charge in [-0.05, 0) is 13.8 Å². The minimum absolute atomic E-state index is 0.0605. The molecule has 0 aliphatic rings. The first kappa shape index (κ1) is 15.7. The number of sulfonamides is 1. The normalized spacial score (nSPS) is 12.5. The summed E-state index contributed by atoms with van der Waals surface area (Å²) < 4.78 is 63.3. The molecule has 1 heterocycles. The molecule has 1 aromatic heterocycles. The van der Waals surface area contributed by atoms with Crippen molar-refractivity contribution < 1.29 is 21.6 Å². The van der Waals surface area contributed by atoms with Crippen LogP contribution in [0.1, 0.15) is 13.8 Å². The first-order chi connectivity index (χ1) is 8.50. The van der Waals surface area contributed by atoms with Gasteiger partial charge in [-0.15, -0.1) is 0 Å². The van der Waals surface area contributed by atoms with Gasteiger partial charge in [0.15, 0.2) is 17.5 Å². The maximum atomic E-state index is 13.3. The molecule has 0 aromatic carbocycles. The van der Waals surface area contributed by atoms with Crippen LogP contribution in [0.4, 0.5) is 19.0 Å². The fourth-order valence-corrected chi connectivity index (χ4v) is 2.49. The third kappa shape index (κ3) is 5.03. The molecular formula is C10H14F3N3O2S. The van der Waals surface area contributed by atoms with Gasteiger partial charge in [-0.25, -0.2) is 21.9 Å². The topological polar surface area (TPSA) is 71.1 Å². The van der Waals surface area contributed by atoms with Gasteiger partial charge in [0.05, 0.1) is 6.26 Å². The number of hydrogen-bond donors (Lipinski definition) is 2. The van der Waals surface area contributed by atoms with Crippen LogP contribution in [0.25, 0.3) is 0 Å². The number of nitrogens with zero attached hydrogens (tertiary/aromatic N) is 1. The van der Waals surface area contributed by atoms with Crippen LogP contribution >= 0.6 is 0 Å². The SMILES string of the molecule is CC(C)(CNc1nc(F)c(F)cc1F)NS(C)(=O)=O. The average Bonchev–Trinajstić information content (AvgIpc) is 2.18. The Morgan fingerprint density at radius 2 is 1.84 bits per heavy atom. The van der Waals surface area contributed by atoms with Gasteiger partial charge >= 0.3 is 0 Å². The Labute approximate surface area is 109 Å². The number of aromatic nitrogens is 1. The number of nitrogens with one attached hydrogen (secondary N) is 2. The van der Waals surface area contributed by atoms with Gasteiger partial charge in [0.1, 0.15) is 0 Å². The molecule has 0 bridgehead atoms. The molecule has 0 aliphatic heterocycles. The van der Waals surface area contributed by atoms with Crippen molar-refractivity contribution in [2.24, 2.45) is 0 Å². The van der Waals surface area contributed by atoms with Gasteiger partial charge < -0.3 is 5.32 Å². The average molecular weight is 297 g/mol. The summed E-state index contributed by atoms with van der Waals surface area (Å²) in [6.45, 7) is 3.02. The third-order valence-corrected chi connectivity index (χ3v) is 2.97. The number of pyridine rings is 1. The lowest BCUT2D eigenvalue weighted by Crippen LogP contribution is -2.48. The lowest BCUT2D eigenvalue weighted by molar-refractivity contribution is 0.458. The molecule has 0 spiro atoms.